The number of hydrazone groups is 1. The fraction of sp³-hybridized carbons (Fsp3) is 0.286. The number of thiophene rings is 1. The summed E-state index contributed by atoms with van der Waals surface area (Å²) in [6.45, 7) is 1.51. The van der Waals surface area contributed by atoms with E-state index in [0.717, 1.165) is 4.70 Å². The number of halogens is 2. The molecular weight excluding hydrogens is 298 g/mol. The normalized spacial score (nSPS) is 22.1. The van der Waals surface area contributed by atoms with Crippen molar-refractivity contribution >= 4 is 33.0 Å². The lowest BCUT2D eigenvalue weighted by atomic mass is 10.1. The standard InChI is InChI=1S/C14H12F2N2O2S/c1-8-6-14(20,13(15)16)18(17-8)12(19)10-7-21-11-5-3-2-4-9(10)11/h2-5,7,13,20H,6H2,1H3/t14-/m0/s1. The van der Waals surface area contributed by atoms with E-state index < -0.39 is 18.1 Å². The molecule has 0 fully saturated rings. The summed E-state index contributed by atoms with van der Waals surface area (Å²) in [7, 11) is 0. The Balaban J connectivity index is 2.05. The Morgan fingerprint density at radius 3 is 2.90 bits per heavy atom. The maximum Gasteiger partial charge on any atom is 0.287 e. The smallest absolute Gasteiger partial charge is 0.287 e. The van der Waals surface area contributed by atoms with E-state index in [1.165, 1.54) is 18.3 Å². The molecule has 0 saturated heterocycles. The first-order valence-electron chi connectivity index (χ1n) is 6.29. The van der Waals surface area contributed by atoms with Crippen molar-refractivity contribution in [2.24, 2.45) is 5.10 Å². The second kappa shape index (κ2) is 4.85. The minimum Gasteiger partial charge on any atom is -0.364 e. The van der Waals surface area contributed by atoms with E-state index in [1.54, 1.807) is 17.5 Å². The SMILES string of the molecule is CC1=NN(C(=O)c2csc3ccccc23)[C@@](O)(C(F)F)C1. The zero-order valence-corrected chi connectivity index (χ0v) is 11.9. The van der Waals surface area contributed by atoms with Gasteiger partial charge >= 0.3 is 0 Å². The third kappa shape index (κ3) is 2.13. The molecule has 1 amide bonds. The number of hydrogen-bond donors (Lipinski definition) is 1. The van der Waals surface area contributed by atoms with Gasteiger partial charge in [-0.3, -0.25) is 4.79 Å². The number of fused-ring (bicyclic) bond motifs is 1. The van der Waals surface area contributed by atoms with Gasteiger partial charge in [-0.05, 0) is 13.0 Å². The average Bonchev–Trinajstić information content (AvgIpc) is 3.00. The Hall–Kier alpha value is -1.86. The fourth-order valence-electron chi connectivity index (χ4n) is 2.39. The molecule has 2 heterocycles. The highest BCUT2D eigenvalue weighted by Crippen LogP contribution is 2.35. The lowest BCUT2D eigenvalue weighted by Crippen LogP contribution is -2.51. The third-order valence-electron chi connectivity index (χ3n) is 3.41. The Labute approximate surface area is 123 Å². The van der Waals surface area contributed by atoms with Gasteiger partial charge in [0.05, 0.1) is 5.56 Å². The van der Waals surface area contributed by atoms with Crippen molar-refractivity contribution in [2.75, 3.05) is 0 Å². The quantitative estimate of drug-likeness (QED) is 0.927. The van der Waals surface area contributed by atoms with Crippen LogP contribution in [0.5, 0.6) is 0 Å². The van der Waals surface area contributed by atoms with Gasteiger partial charge in [0, 0.05) is 27.6 Å². The first-order chi connectivity index (χ1) is 9.93. The molecule has 0 unspecified atom stereocenters. The number of hydrogen-bond acceptors (Lipinski definition) is 4. The molecule has 0 saturated carbocycles. The molecule has 1 atom stereocenters. The van der Waals surface area contributed by atoms with Crippen molar-refractivity contribution in [3.63, 3.8) is 0 Å². The predicted octanol–water partition coefficient (Wildman–Crippen LogP) is 3.08. The topological polar surface area (TPSA) is 52.9 Å². The van der Waals surface area contributed by atoms with Gasteiger partial charge in [-0.15, -0.1) is 11.3 Å². The zero-order chi connectivity index (χ0) is 15.2. The Morgan fingerprint density at radius 2 is 2.19 bits per heavy atom. The van der Waals surface area contributed by atoms with Crippen LogP contribution in [-0.2, 0) is 0 Å². The first kappa shape index (κ1) is 14.1. The van der Waals surface area contributed by atoms with Crippen LogP contribution in [0.25, 0.3) is 10.1 Å². The van der Waals surface area contributed by atoms with Crippen LogP contribution >= 0.6 is 11.3 Å². The first-order valence-corrected chi connectivity index (χ1v) is 7.17. The van der Waals surface area contributed by atoms with Crippen molar-refractivity contribution in [3.05, 3.63) is 35.2 Å². The van der Waals surface area contributed by atoms with E-state index in [1.807, 2.05) is 12.1 Å². The van der Waals surface area contributed by atoms with Crippen molar-refractivity contribution in [1.82, 2.24) is 5.01 Å². The highest BCUT2D eigenvalue weighted by atomic mass is 32.1. The van der Waals surface area contributed by atoms with Crippen LogP contribution in [0.3, 0.4) is 0 Å². The molecule has 1 aromatic carbocycles. The molecule has 4 nitrogen and oxygen atoms in total. The van der Waals surface area contributed by atoms with Crippen molar-refractivity contribution < 1.29 is 18.7 Å². The lowest BCUT2D eigenvalue weighted by molar-refractivity contribution is -0.164. The van der Waals surface area contributed by atoms with Gasteiger partial charge < -0.3 is 5.11 Å². The molecule has 3 rings (SSSR count). The van der Waals surface area contributed by atoms with Gasteiger partial charge in [-0.2, -0.15) is 10.1 Å². The third-order valence-corrected chi connectivity index (χ3v) is 4.37. The molecule has 7 heteroatoms. The van der Waals surface area contributed by atoms with Crippen LogP contribution in [0.15, 0.2) is 34.7 Å². The lowest BCUT2D eigenvalue weighted by Gasteiger charge is -2.29. The summed E-state index contributed by atoms with van der Waals surface area (Å²) in [6.07, 6.45) is -3.44. The van der Waals surface area contributed by atoms with E-state index >= 15 is 0 Å². The molecule has 0 bridgehead atoms. The molecule has 1 aromatic heterocycles. The molecule has 0 radical (unpaired) electrons. The molecule has 1 N–H and O–H groups in total. The van der Waals surface area contributed by atoms with Crippen LogP contribution in [0.2, 0.25) is 0 Å². The largest absolute Gasteiger partial charge is 0.364 e. The predicted molar refractivity (Wildman–Crippen MR) is 76.7 cm³/mol. The summed E-state index contributed by atoms with van der Waals surface area (Å²) in [5.41, 5.74) is -2.00. The van der Waals surface area contributed by atoms with Crippen molar-refractivity contribution in [2.45, 2.75) is 25.5 Å². The number of benzene rings is 1. The number of amides is 1. The molecule has 0 aliphatic carbocycles. The molecule has 1 aliphatic rings. The molecule has 0 spiro atoms. The maximum absolute atomic E-state index is 13.1. The van der Waals surface area contributed by atoms with E-state index in [4.69, 9.17) is 0 Å². The van der Waals surface area contributed by atoms with Crippen LogP contribution in [0, 0.1) is 0 Å². The van der Waals surface area contributed by atoms with Crippen LogP contribution in [0.4, 0.5) is 8.78 Å². The Morgan fingerprint density at radius 1 is 1.48 bits per heavy atom. The summed E-state index contributed by atoms with van der Waals surface area (Å²) in [5, 5.41) is 16.7. The fourth-order valence-corrected chi connectivity index (χ4v) is 3.33. The molecule has 1 aliphatic heterocycles. The average molecular weight is 310 g/mol. The highest BCUT2D eigenvalue weighted by molar-refractivity contribution is 7.17. The zero-order valence-electron chi connectivity index (χ0n) is 11.1. The monoisotopic (exact) mass is 310 g/mol. The van der Waals surface area contributed by atoms with Gasteiger partial charge in [0.15, 0.2) is 0 Å². The van der Waals surface area contributed by atoms with Gasteiger partial charge in [0.2, 0.25) is 5.72 Å². The van der Waals surface area contributed by atoms with Crippen LogP contribution in [0.1, 0.15) is 23.7 Å². The maximum atomic E-state index is 13.1. The molecule has 2 aromatic rings. The van der Waals surface area contributed by atoms with Crippen molar-refractivity contribution in [1.29, 1.82) is 0 Å². The van der Waals surface area contributed by atoms with E-state index in [9.17, 15) is 18.7 Å². The Bertz CT molecular complexity index is 743. The van der Waals surface area contributed by atoms with Crippen LogP contribution < -0.4 is 0 Å². The van der Waals surface area contributed by atoms with Gasteiger partial charge in [-0.1, -0.05) is 18.2 Å². The minimum atomic E-state index is -3.09. The van der Waals surface area contributed by atoms with E-state index in [-0.39, 0.29) is 12.0 Å². The number of rotatable bonds is 2. The molecular formula is C14H12F2N2O2S. The van der Waals surface area contributed by atoms with Gasteiger partial charge in [-0.25, -0.2) is 8.78 Å². The number of aliphatic hydroxyl groups is 1. The molecule has 110 valence electrons. The number of carbonyl (C=O) groups excluding carboxylic acids is 1. The summed E-state index contributed by atoms with van der Waals surface area (Å²) < 4.78 is 27.2. The minimum absolute atomic E-state index is 0.271. The number of nitrogens with zero attached hydrogens (tertiary/aromatic N) is 2. The highest BCUT2D eigenvalue weighted by Gasteiger charge is 2.51. The summed E-state index contributed by atoms with van der Waals surface area (Å²) >= 11 is 1.35. The summed E-state index contributed by atoms with van der Waals surface area (Å²) in [4.78, 5) is 12.5. The Kier molecular flexibility index (Phi) is 3.26. The van der Waals surface area contributed by atoms with E-state index in [0.29, 0.717) is 16.1 Å². The summed E-state index contributed by atoms with van der Waals surface area (Å²) in [5.74, 6) is -0.716. The second-order valence-electron chi connectivity index (χ2n) is 4.95. The second-order valence-corrected chi connectivity index (χ2v) is 5.87. The van der Waals surface area contributed by atoms with Crippen LogP contribution in [-0.4, -0.2) is 33.9 Å². The van der Waals surface area contributed by atoms with Crippen molar-refractivity contribution in [3.8, 4) is 0 Å². The number of alkyl halides is 2. The summed E-state index contributed by atoms with van der Waals surface area (Å²) in [6, 6.07) is 7.19. The molecule has 21 heavy (non-hydrogen) atoms. The number of carbonyl (C=O) groups is 1. The van der Waals surface area contributed by atoms with Gasteiger partial charge in [0.25, 0.3) is 12.3 Å². The van der Waals surface area contributed by atoms with E-state index in [2.05, 4.69) is 5.10 Å². The van der Waals surface area contributed by atoms with Gasteiger partial charge in [0.1, 0.15) is 0 Å².